The van der Waals surface area contributed by atoms with Crippen LogP contribution in [0.15, 0.2) is 33.5 Å². The van der Waals surface area contributed by atoms with Crippen molar-refractivity contribution in [2.24, 2.45) is 0 Å². The van der Waals surface area contributed by atoms with E-state index in [9.17, 15) is 9.59 Å². The number of ketones is 1. The second kappa shape index (κ2) is 4.41. The molecule has 0 radical (unpaired) electrons. The zero-order chi connectivity index (χ0) is 12.4. The zero-order valence-electron chi connectivity index (χ0n) is 9.65. The van der Waals surface area contributed by atoms with Gasteiger partial charge in [0.15, 0.2) is 11.4 Å². The maximum Gasteiger partial charge on any atom is 0.336 e. The van der Waals surface area contributed by atoms with E-state index in [0.29, 0.717) is 23.3 Å². The third-order valence-electron chi connectivity index (χ3n) is 2.40. The first kappa shape index (κ1) is 11.4. The van der Waals surface area contributed by atoms with Gasteiger partial charge in [0, 0.05) is 11.5 Å². The predicted molar refractivity (Wildman–Crippen MR) is 63.7 cm³/mol. The molecule has 0 aliphatic rings. The molecule has 0 aliphatic carbocycles. The van der Waals surface area contributed by atoms with Gasteiger partial charge in [-0.1, -0.05) is 0 Å². The Morgan fingerprint density at radius 3 is 2.65 bits per heavy atom. The second-order valence-corrected chi connectivity index (χ2v) is 3.60. The minimum atomic E-state index is -0.478. The van der Waals surface area contributed by atoms with Crippen molar-refractivity contribution in [1.29, 1.82) is 0 Å². The molecule has 2 aromatic rings. The van der Waals surface area contributed by atoms with E-state index >= 15 is 0 Å². The van der Waals surface area contributed by atoms with E-state index in [2.05, 4.69) is 0 Å². The topological polar surface area (TPSA) is 56.5 Å². The minimum Gasteiger partial charge on any atom is -0.493 e. The van der Waals surface area contributed by atoms with Crippen molar-refractivity contribution < 1.29 is 13.9 Å². The van der Waals surface area contributed by atoms with Gasteiger partial charge in [0.05, 0.1) is 6.61 Å². The summed E-state index contributed by atoms with van der Waals surface area (Å²) < 4.78 is 10.4. The summed E-state index contributed by atoms with van der Waals surface area (Å²) in [4.78, 5) is 22.8. The Kier molecular flexibility index (Phi) is 2.95. The van der Waals surface area contributed by atoms with Crippen molar-refractivity contribution in [1.82, 2.24) is 0 Å². The summed E-state index contributed by atoms with van der Waals surface area (Å²) in [6.07, 6.45) is 0. The first-order valence-electron chi connectivity index (χ1n) is 5.34. The maximum absolute atomic E-state index is 11.6. The molecule has 1 aromatic heterocycles. The molecular weight excluding hydrogens is 220 g/mol. The number of benzene rings is 1. The van der Waals surface area contributed by atoms with Crippen LogP contribution in [0.3, 0.4) is 0 Å². The monoisotopic (exact) mass is 232 g/mol. The van der Waals surface area contributed by atoms with Crippen molar-refractivity contribution in [2.75, 3.05) is 6.61 Å². The molecule has 0 aliphatic heterocycles. The molecule has 88 valence electrons. The molecule has 0 bridgehead atoms. The number of ether oxygens (including phenoxy) is 1. The number of Topliss-reactive ketones (excluding diaryl/α,β-unsaturated/α-hetero) is 1. The van der Waals surface area contributed by atoms with Crippen LogP contribution in [0, 0.1) is 0 Å². The lowest BCUT2D eigenvalue weighted by Crippen LogP contribution is -2.04. The van der Waals surface area contributed by atoms with Crippen LogP contribution in [-0.2, 0) is 0 Å². The van der Waals surface area contributed by atoms with Gasteiger partial charge < -0.3 is 9.15 Å². The Hall–Kier alpha value is -2.10. The summed E-state index contributed by atoms with van der Waals surface area (Å²) in [5.41, 5.74) is 0.131. The third-order valence-corrected chi connectivity index (χ3v) is 2.40. The SMILES string of the molecule is CCOc1ccc2ccc(=O)oc2c1C(C)=O. The van der Waals surface area contributed by atoms with E-state index in [-0.39, 0.29) is 11.4 Å². The van der Waals surface area contributed by atoms with Crippen LogP contribution in [0.25, 0.3) is 11.0 Å². The fourth-order valence-corrected chi connectivity index (χ4v) is 1.72. The van der Waals surface area contributed by atoms with Gasteiger partial charge in [0.2, 0.25) is 0 Å². The van der Waals surface area contributed by atoms with Crippen LogP contribution < -0.4 is 10.4 Å². The summed E-state index contributed by atoms with van der Waals surface area (Å²) in [6.45, 7) is 3.70. The van der Waals surface area contributed by atoms with Crippen LogP contribution in [0.2, 0.25) is 0 Å². The second-order valence-electron chi connectivity index (χ2n) is 3.60. The number of carbonyl (C=O) groups excluding carboxylic acids is 1. The molecule has 17 heavy (non-hydrogen) atoms. The normalized spacial score (nSPS) is 10.5. The first-order chi connectivity index (χ1) is 8.13. The summed E-state index contributed by atoms with van der Waals surface area (Å²) in [5, 5.41) is 0.707. The zero-order valence-corrected chi connectivity index (χ0v) is 9.65. The first-order valence-corrected chi connectivity index (χ1v) is 5.34. The van der Waals surface area contributed by atoms with E-state index in [1.165, 1.54) is 13.0 Å². The highest BCUT2D eigenvalue weighted by Gasteiger charge is 2.15. The molecule has 1 heterocycles. The summed E-state index contributed by atoms with van der Waals surface area (Å²) in [6, 6.07) is 6.42. The average Bonchev–Trinajstić information content (AvgIpc) is 2.28. The van der Waals surface area contributed by atoms with Gasteiger partial charge in [-0.3, -0.25) is 4.79 Å². The Morgan fingerprint density at radius 1 is 1.29 bits per heavy atom. The molecule has 0 amide bonds. The molecule has 4 heteroatoms. The van der Waals surface area contributed by atoms with E-state index in [4.69, 9.17) is 9.15 Å². The number of rotatable bonds is 3. The van der Waals surface area contributed by atoms with Crippen molar-refractivity contribution in [2.45, 2.75) is 13.8 Å². The van der Waals surface area contributed by atoms with Crippen LogP contribution in [0.1, 0.15) is 24.2 Å². The molecule has 0 saturated heterocycles. The molecular formula is C13H12O4. The van der Waals surface area contributed by atoms with Crippen LogP contribution >= 0.6 is 0 Å². The standard InChI is InChI=1S/C13H12O4/c1-3-16-10-6-4-9-5-7-11(15)17-13(9)12(10)8(2)14/h4-7H,3H2,1-2H3. The fourth-order valence-electron chi connectivity index (χ4n) is 1.72. The molecule has 0 spiro atoms. The molecule has 1 aromatic carbocycles. The molecule has 0 atom stereocenters. The highest BCUT2D eigenvalue weighted by atomic mass is 16.5. The van der Waals surface area contributed by atoms with Crippen LogP contribution in [0.5, 0.6) is 5.75 Å². The van der Waals surface area contributed by atoms with Gasteiger partial charge in [-0.25, -0.2) is 4.79 Å². The Labute approximate surface area is 97.8 Å². The summed E-state index contributed by atoms with van der Waals surface area (Å²) in [7, 11) is 0. The molecule has 2 rings (SSSR count). The lowest BCUT2D eigenvalue weighted by Gasteiger charge is -2.09. The fraction of sp³-hybridized carbons (Fsp3) is 0.231. The Balaban J connectivity index is 2.82. The van der Waals surface area contributed by atoms with E-state index in [0.717, 1.165) is 0 Å². The van der Waals surface area contributed by atoms with Gasteiger partial charge in [-0.05, 0) is 32.0 Å². The third kappa shape index (κ3) is 2.06. The molecule has 4 nitrogen and oxygen atoms in total. The predicted octanol–water partition coefficient (Wildman–Crippen LogP) is 2.39. The number of hydrogen-bond donors (Lipinski definition) is 0. The Bertz CT molecular complexity index is 625. The van der Waals surface area contributed by atoms with Gasteiger partial charge in [0.25, 0.3) is 0 Å². The molecule has 0 saturated carbocycles. The number of hydrogen-bond acceptors (Lipinski definition) is 4. The molecule has 0 unspecified atom stereocenters. The van der Waals surface area contributed by atoms with E-state index in [1.807, 2.05) is 6.92 Å². The van der Waals surface area contributed by atoms with Crippen molar-refractivity contribution >= 4 is 16.8 Å². The van der Waals surface area contributed by atoms with Crippen LogP contribution in [-0.4, -0.2) is 12.4 Å². The largest absolute Gasteiger partial charge is 0.493 e. The van der Waals surface area contributed by atoms with E-state index in [1.54, 1.807) is 18.2 Å². The highest BCUT2D eigenvalue weighted by molar-refractivity contribution is 6.07. The van der Waals surface area contributed by atoms with Crippen molar-refractivity contribution in [3.05, 3.63) is 40.2 Å². The van der Waals surface area contributed by atoms with Gasteiger partial charge in [-0.15, -0.1) is 0 Å². The number of fused-ring (bicyclic) bond motifs is 1. The average molecular weight is 232 g/mol. The van der Waals surface area contributed by atoms with Gasteiger partial charge in [-0.2, -0.15) is 0 Å². The molecule has 0 fully saturated rings. The van der Waals surface area contributed by atoms with Crippen molar-refractivity contribution in [3.63, 3.8) is 0 Å². The molecule has 0 N–H and O–H groups in total. The quantitative estimate of drug-likeness (QED) is 0.602. The van der Waals surface area contributed by atoms with E-state index < -0.39 is 5.63 Å². The smallest absolute Gasteiger partial charge is 0.336 e. The summed E-state index contributed by atoms with van der Waals surface area (Å²) in [5.74, 6) is 0.259. The lowest BCUT2D eigenvalue weighted by atomic mass is 10.1. The summed E-state index contributed by atoms with van der Waals surface area (Å²) >= 11 is 0. The van der Waals surface area contributed by atoms with Crippen LogP contribution in [0.4, 0.5) is 0 Å². The van der Waals surface area contributed by atoms with Gasteiger partial charge in [0.1, 0.15) is 11.3 Å². The maximum atomic E-state index is 11.6. The van der Waals surface area contributed by atoms with Crippen molar-refractivity contribution in [3.8, 4) is 5.75 Å². The Morgan fingerprint density at radius 2 is 2.00 bits per heavy atom. The van der Waals surface area contributed by atoms with Gasteiger partial charge >= 0.3 is 5.63 Å². The minimum absolute atomic E-state index is 0.187. The number of carbonyl (C=O) groups is 1. The highest BCUT2D eigenvalue weighted by Crippen LogP contribution is 2.27. The lowest BCUT2D eigenvalue weighted by molar-refractivity contribution is 0.101.